The number of aryl methyl sites for hydroxylation is 1. The van der Waals surface area contributed by atoms with Gasteiger partial charge in [0.25, 0.3) is 0 Å². The smallest absolute Gasteiger partial charge is 0.242 e. The molecule has 186 valence electrons. The number of fused-ring (bicyclic) bond motifs is 1. The second kappa shape index (κ2) is 10.5. The van der Waals surface area contributed by atoms with E-state index in [1.54, 1.807) is 6.33 Å². The number of likely N-dealkylation sites (tertiary alicyclic amines) is 1. The summed E-state index contributed by atoms with van der Waals surface area (Å²) < 4.78 is 29.9. The molecule has 0 saturated carbocycles. The zero-order chi connectivity index (χ0) is 24.3. The highest BCUT2D eigenvalue weighted by Crippen LogP contribution is 2.26. The Morgan fingerprint density at radius 2 is 2.03 bits per heavy atom. The Balaban J connectivity index is 1.38. The number of nitrogens with zero attached hydrogens (tertiary/aromatic N) is 3. The Labute approximate surface area is 201 Å². The van der Waals surface area contributed by atoms with Crippen molar-refractivity contribution >= 4 is 11.7 Å². The van der Waals surface area contributed by atoms with E-state index < -0.39 is 17.7 Å². The Bertz CT molecular complexity index is 999. The lowest BCUT2D eigenvalue weighted by Gasteiger charge is -2.31. The van der Waals surface area contributed by atoms with Gasteiger partial charge in [0.1, 0.15) is 11.6 Å². The van der Waals surface area contributed by atoms with Crippen molar-refractivity contribution < 1.29 is 13.6 Å². The van der Waals surface area contributed by atoms with Crippen molar-refractivity contribution in [1.82, 2.24) is 19.8 Å². The van der Waals surface area contributed by atoms with Gasteiger partial charge in [0.15, 0.2) is 5.82 Å². The molecule has 2 unspecified atom stereocenters. The summed E-state index contributed by atoms with van der Waals surface area (Å²) in [5, 5.41) is 6.40. The fourth-order valence-corrected chi connectivity index (χ4v) is 5.29. The molecule has 0 spiro atoms. The average Bonchev–Trinajstić information content (AvgIpc) is 3.46. The SMILES string of the molecule is CCCC(NC1CCc2cc(F)cc(F)c2C1)C(=O)Nc1cn(C(C)(C)CN2CCCC2)cn1. The first-order valence-corrected chi connectivity index (χ1v) is 12.6. The summed E-state index contributed by atoms with van der Waals surface area (Å²) in [5.74, 6) is -0.623. The molecule has 34 heavy (non-hydrogen) atoms. The summed E-state index contributed by atoms with van der Waals surface area (Å²) in [6, 6.07) is 1.93. The van der Waals surface area contributed by atoms with Crippen LogP contribution in [0.15, 0.2) is 24.7 Å². The van der Waals surface area contributed by atoms with Crippen LogP contribution in [0, 0.1) is 11.6 Å². The Morgan fingerprint density at radius 1 is 1.26 bits per heavy atom. The normalized spacial score (nSPS) is 19.7. The van der Waals surface area contributed by atoms with Crippen LogP contribution < -0.4 is 10.6 Å². The minimum atomic E-state index is -0.533. The van der Waals surface area contributed by atoms with E-state index >= 15 is 0 Å². The molecular formula is C26H37F2N5O. The molecule has 1 saturated heterocycles. The average molecular weight is 474 g/mol. The first-order valence-electron chi connectivity index (χ1n) is 12.6. The summed E-state index contributed by atoms with van der Waals surface area (Å²) in [6.07, 6.45) is 9.49. The fraction of sp³-hybridized carbons (Fsp3) is 0.615. The molecule has 2 N–H and O–H groups in total. The molecule has 1 aromatic carbocycles. The fourth-order valence-electron chi connectivity index (χ4n) is 5.29. The van der Waals surface area contributed by atoms with Gasteiger partial charge in [-0.1, -0.05) is 13.3 Å². The standard InChI is InChI=1S/C26H37F2N5O/c1-4-7-23(30-20-9-8-18-12-19(27)13-22(28)21(18)14-20)25(34)31-24-15-33(17-29-24)26(2,3)16-32-10-5-6-11-32/h12-13,15,17,20,23,30H,4-11,14,16H2,1-3H3,(H,31,34). The van der Waals surface area contributed by atoms with Gasteiger partial charge < -0.3 is 20.1 Å². The Kier molecular flexibility index (Phi) is 7.67. The van der Waals surface area contributed by atoms with Crippen LogP contribution in [0.3, 0.4) is 0 Å². The molecule has 1 aliphatic heterocycles. The third kappa shape index (κ3) is 5.84. The number of carbonyl (C=O) groups is 1. The van der Waals surface area contributed by atoms with Gasteiger partial charge >= 0.3 is 0 Å². The quantitative estimate of drug-likeness (QED) is 0.572. The molecule has 1 fully saturated rings. The molecule has 1 aromatic heterocycles. The third-order valence-corrected chi connectivity index (χ3v) is 7.14. The minimum Gasteiger partial charge on any atom is -0.328 e. The number of benzene rings is 1. The monoisotopic (exact) mass is 473 g/mol. The highest BCUT2D eigenvalue weighted by atomic mass is 19.1. The van der Waals surface area contributed by atoms with Gasteiger partial charge in [0.2, 0.25) is 5.91 Å². The van der Waals surface area contributed by atoms with Crippen molar-refractivity contribution in [2.24, 2.45) is 0 Å². The second-order valence-electron chi connectivity index (χ2n) is 10.4. The highest BCUT2D eigenvalue weighted by molar-refractivity contribution is 5.94. The molecule has 1 aliphatic carbocycles. The number of imidazole rings is 1. The number of hydrogen-bond donors (Lipinski definition) is 2. The number of hydrogen-bond acceptors (Lipinski definition) is 4. The van der Waals surface area contributed by atoms with E-state index in [9.17, 15) is 13.6 Å². The number of anilines is 1. The van der Waals surface area contributed by atoms with Gasteiger partial charge in [0, 0.05) is 24.8 Å². The molecule has 0 radical (unpaired) electrons. The predicted molar refractivity (Wildman–Crippen MR) is 130 cm³/mol. The van der Waals surface area contributed by atoms with Gasteiger partial charge in [-0.15, -0.1) is 0 Å². The molecule has 6 nitrogen and oxygen atoms in total. The van der Waals surface area contributed by atoms with Crippen molar-refractivity contribution in [3.05, 3.63) is 47.4 Å². The van der Waals surface area contributed by atoms with Crippen LogP contribution in [0.25, 0.3) is 0 Å². The van der Waals surface area contributed by atoms with Crippen LogP contribution >= 0.6 is 0 Å². The van der Waals surface area contributed by atoms with E-state index in [0.29, 0.717) is 30.6 Å². The molecule has 2 aliphatic rings. The highest BCUT2D eigenvalue weighted by Gasteiger charge is 2.28. The van der Waals surface area contributed by atoms with E-state index in [4.69, 9.17) is 0 Å². The molecule has 0 bridgehead atoms. The maximum atomic E-state index is 14.3. The number of aromatic nitrogens is 2. The largest absolute Gasteiger partial charge is 0.328 e. The molecule has 4 rings (SSSR count). The van der Waals surface area contributed by atoms with E-state index in [1.165, 1.54) is 18.9 Å². The van der Waals surface area contributed by atoms with Gasteiger partial charge in [-0.2, -0.15) is 0 Å². The van der Waals surface area contributed by atoms with Crippen molar-refractivity contribution in [1.29, 1.82) is 0 Å². The third-order valence-electron chi connectivity index (χ3n) is 7.14. The number of nitrogens with one attached hydrogen (secondary N) is 2. The van der Waals surface area contributed by atoms with Crippen molar-refractivity contribution in [2.45, 2.75) is 83.3 Å². The number of amides is 1. The lowest BCUT2D eigenvalue weighted by atomic mass is 9.87. The summed E-state index contributed by atoms with van der Waals surface area (Å²) in [6.45, 7) is 9.63. The number of rotatable bonds is 9. The second-order valence-corrected chi connectivity index (χ2v) is 10.4. The van der Waals surface area contributed by atoms with Crippen LogP contribution in [0.4, 0.5) is 14.6 Å². The van der Waals surface area contributed by atoms with E-state index in [-0.39, 0.29) is 17.5 Å². The first kappa shape index (κ1) is 24.8. The molecular weight excluding hydrogens is 436 g/mol. The first-order chi connectivity index (χ1) is 16.2. The molecule has 2 atom stereocenters. The lowest BCUT2D eigenvalue weighted by molar-refractivity contribution is -0.118. The summed E-state index contributed by atoms with van der Waals surface area (Å²) in [5.41, 5.74) is 1.16. The molecule has 1 amide bonds. The zero-order valence-corrected chi connectivity index (χ0v) is 20.5. The van der Waals surface area contributed by atoms with Gasteiger partial charge in [-0.05, 0) is 82.7 Å². The van der Waals surface area contributed by atoms with Gasteiger partial charge in [-0.3, -0.25) is 4.79 Å². The van der Waals surface area contributed by atoms with Crippen LogP contribution in [0.2, 0.25) is 0 Å². The Hall–Kier alpha value is -2.32. The van der Waals surface area contributed by atoms with Crippen LogP contribution in [-0.2, 0) is 23.2 Å². The number of halogens is 2. The maximum Gasteiger partial charge on any atom is 0.242 e. The van der Waals surface area contributed by atoms with Crippen LogP contribution in [0.1, 0.15) is 64.0 Å². The predicted octanol–water partition coefficient (Wildman–Crippen LogP) is 4.25. The van der Waals surface area contributed by atoms with E-state index in [0.717, 1.165) is 44.1 Å². The minimum absolute atomic E-state index is 0.0355. The van der Waals surface area contributed by atoms with Crippen molar-refractivity contribution in [2.75, 3.05) is 25.0 Å². The van der Waals surface area contributed by atoms with E-state index in [2.05, 4.69) is 38.9 Å². The molecule has 8 heteroatoms. The summed E-state index contributed by atoms with van der Waals surface area (Å²) in [7, 11) is 0. The lowest BCUT2D eigenvalue weighted by Crippen LogP contribution is -2.48. The van der Waals surface area contributed by atoms with Crippen LogP contribution in [0.5, 0.6) is 0 Å². The van der Waals surface area contributed by atoms with Crippen molar-refractivity contribution in [3.8, 4) is 0 Å². The topological polar surface area (TPSA) is 62.2 Å². The zero-order valence-electron chi connectivity index (χ0n) is 20.5. The number of carbonyl (C=O) groups excluding carboxylic acids is 1. The van der Waals surface area contributed by atoms with Crippen molar-refractivity contribution in [3.63, 3.8) is 0 Å². The van der Waals surface area contributed by atoms with Gasteiger partial charge in [0.05, 0.1) is 17.9 Å². The Morgan fingerprint density at radius 3 is 2.76 bits per heavy atom. The summed E-state index contributed by atoms with van der Waals surface area (Å²) in [4.78, 5) is 20.0. The molecule has 2 heterocycles. The van der Waals surface area contributed by atoms with Gasteiger partial charge in [-0.25, -0.2) is 13.8 Å². The van der Waals surface area contributed by atoms with E-state index in [1.807, 2.05) is 13.1 Å². The molecule has 2 aromatic rings. The summed E-state index contributed by atoms with van der Waals surface area (Å²) >= 11 is 0. The maximum absolute atomic E-state index is 14.3. The van der Waals surface area contributed by atoms with Crippen LogP contribution in [-0.4, -0.2) is 52.1 Å².